The first kappa shape index (κ1) is 14.8. The molecule has 3 heterocycles. The number of furan rings is 1. The van der Waals surface area contributed by atoms with Gasteiger partial charge in [0.1, 0.15) is 17.1 Å². The molecule has 0 bridgehead atoms. The van der Waals surface area contributed by atoms with Gasteiger partial charge in [0.15, 0.2) is 4.96 Å². The zero-order valence-electron chi connectivity index (χ0n) is 12.4. The molecule has 0 aliphatic rings. The Morgan fingerprint density at radius 2 is 2.36 bits per heavy atom. The number of rotatable bonds is 5. The predicted octanol–water partition coefficient (Wildman–Crippen LogP) is 1.86. The lowest BCUT2D eigenvalue weighted by atomic mass is 10.0. The Balaban J connectivity index is 1.58. The topological polar surface area (TPSA) is 79.8 Å². The Labute approximate surface area is 131 Å². The summed E-state index contributed by atoms with van der Waals surface area (Å²) >= 11 is 1.52. The molecule has 0 fully saturated rings. The summed E-state index contributed by atoms with van der Waals surface area (Å²) in [5.74, 6) is 0.974. The van der Waals surface area contributed by atoms with Gasteiger partial charge in [-0.1, -0.05) is 0 Å². The molecule has 6 nitrogen and oxygen atoms in total. The number of aryl methyl sites for hydroxylation is 1. The highest BCUT2D eigenvalue weighted by Crippen LogP contribution is 2.22. The van der Waals surface area contributed by atoms with Gasteiger partial charge in [0.25, 0.3) is 0 Å². The van der Waals surface area contributed by atoms with E-state index in [4.69, 9.17) is 4.42 Å². The number of imidazole rings is 1. The Morgan fingerprint density at radius 3 is 3.05 bits per heavy atom. The SMILES string of the molecule is Cc1ccc(C(C)(O)CNC(=O)Cc2cn3ccsc3n2)o1. The van der Waals surface area contributed by atoms with Crippen molar-refractivity contribution >= 4 is 22.2 Å². The summed E-state index contributed by atoms with van der Waals surface area (Å²) in [6.07, 6.45) is 3.92. The van der Waals surface area contributed by atoms with Gasteiger partial charge in [-0.25, -0.2) is 4.98 Å². The Morgan fingerprint density at radius 1 is 1.55 bits per heavy atom. The van der Waals surface area contributed by atoms with Crippen molar-refractivity contribution in [2.45, 2.75) is 25.9 Å². The Bertz CT molecular complexity index is 771. The number of nitrogens with zero attached hydrogens (tertiary/aromatic N) is 2. The second kappa shape index (κ2) is 5.58. The van der Waals surface area contributed by atoms with Gasteiger partial charge >= 0.3 is 0 Å². The molecule has 1 amide bonds. The minimum absolute atomic E-state index is 0.0843. The maximum atomic E-state index is 12.0. The molecule has 0 saturated carbocycles. The molecule has 3 aromatic rings. The lowest BCUT2D eigenvalue weighted by Gasteiger charge is -2.21. The van der Waals surface area contributed by atoms with Gasteiger partial charge in [0, 0.05) is 17.8 Å². The normalized spacial score (nSPS) is 14.1. The van der Waals surface area contributed by atoms with Gasteiger partial charge < -0.3 is 14.8 Å². The number of aliphatic hydroxyl groups is 1. The quantitative estimate of drug-likeness (QED) is 0.752. The van der Waals surface area contributed by atoms with Crippen molar-refractivity contribution in [1.29, 1.82) is 0 Å². The van der Waals surface area contributed by atoms with Crippen molar-refractivity contribution in [1.82, 2.24) is 14.7 Å². The van der Waals surface area contributed by atoms with E-state index in [9.17, 15) is 9.90 Å². The number of hydrogen-bond acceptors (Lipinski definition) is 5. The van der Waals surface area contributed by atoms with Crippen molar-refractivity contribution < 1.29 is 14.3 Å². The largest absolute Gasteiger partial charge is 0.463 e. The van der Waals surface area contributed by atoms with Crippen molar-refractivity contribution in [3.05, 3.63) is 47.1 Å². The standard InChI is InChI=1S/C15H17N3O3S/c1-10-3-4-12(21-10)15(2,20)9-16-13(19)7-11-8-18-5-6-22-14(18)17-11/h3-6,8,20H,7,9H2,1-2H3,(H,16,19). The van der Waals surface area contributed by atoms with Crippen LogP contribution in [0.2, 0.25) is 0 Å². The molecule has 3 aromatic heterocycles. The van der Waals surface area contributed by atoms with Crippen LogP contribution in [0.4, 0.5) is 0 Å². The van der Waals surface area contributed by atoms with Crippen LogP contribution in [0, 0.1) is 6.92 Å². The first-order valence-electron chi connectivity index (χ1n) is 6.91. The van der Waals surface area contributed by atoms with Crippen LogP contribution < -0.4 is 5.32 Å². The smallest absolute Gasteiger partial charge is 0.226 e. The fourth-order valence-electron chi connectivity index (χ4n) is 2.17. The third-order valence-electron chi connectivity index (χ3n) is 3.39. The summed E-state index contributed by atoms with van der Waals surface area (Å²) < 4.78 is 7.30. The van der Waals surface area contributed by atoms with Crippen molar-refractivity contribution in [3.63, 3.8) is 0 Å². The van der Waals surface area contributed by atoms with Crippen LogP contribution in [0.15, 0.2) is 34.3 Å². The van der Waals surface area contributed by atoms with Crippen LogP contribution in [0.25, 0.3) is 4.96 Å². The second-order valence-electron chi connectivity index (χ2n) is 5.46. The van der Waals surface area contributed by atoms with Gasteiger partial charge in [-0.2, -0.15) is 0 Å². The molecule has 116 valence electrons. The predicted molar refractivity (Wildman–Crippen MR) is 82.8 cm³/mol. The lowest BCUT2D eigenvalue weighted by Crippen LogP contribution is -2.39. The van der Waals surface area contributed by atoms with Gasteiger partial charge in [0.05, 0.1) is 18.7 Å². The van der Waals surface area contributed by atoms with E-state index >= 15 is 0 Å². The number of carbonyl (C=O) groups excluding carboxylic acids is 1. The third kappa shape index (κ3) is 3.05. The number of thiazole rings is 1. The highest BCUT2D eigenvalue weighted by Gasteiger charge is 2.27. The van der Waals surface area contributed by atoms with Crippen LogP contribution in [0.3, 0.4) is 0 Å². The number of hydrogen-bond donors (Lipinski definition) is 2. The molecule has 2 N–H and O–H groups in total. The van der Waals surface area contributed by atoms with Crippen molar-refractivity contribution in [3.8, 4) is 0 Å². The molecule has 1 atom stereocenters. The first-order valence-corrected chi connectivity index (χ1v) is 7.79. The van der Waals surface area contributed by atoms with E-state index in [0.29, 0.717) is 11.5 Å². The fraction of sp³-hybridized carbons (Fsp3) is 0.333. The minimum Gasteiger partial charge on any atom is -0.463 e. The fourth-order valence-corrected chi connectivity index (χ4v) is 2.89. The van der Waals surface area contributed by atoms with E-state index in [1.165, 1.54) is 11.3 Å². The summed E-state index contributed by atoms with van der Waals surface area (Å²) in [4.78, 5) is 17.2. The number of nitrogens with one attached hydrogen (secondary N) is 1. The van der Waals surface area contributed by atoms with E-state index in [0.717, 1.165) is 10.7 Å². The molecule has 0 radical (unpaired) electrons. The maximum absolute atomic E-state index is 12.0. The van der Waals surface area contributed by atoms with E-state index < -0.39 is 5.60 Å². The van der Waals surface area contributed by atoms with E-state index in [1.54, 1.807) is 19.1 Å². The maximum Gasteiger partial charge on any atom is 0.226 e. The van der Waals surface area contributed by atoms with Crippen LogP contribution in [0.1, 0.15) is 24.1 Å². The van der Waals surface area contributed by atoms with Gasteiger partial charge in [0.2, 0.25) is 5.91 Å². The van der Waals surface area contributed by atoms with Gasteiger partial charge in [-0.05, 0) is 26.0 Å². The molecule has 3 rings (SSSR count). The monoisotopic (exact) mass is 319 g/mol. The molecule has 0 aliphatic heterocycles. The van der Waals surface area contributed by atoms with Crippen molar-refractivity contribution in [2.24, 2.45) is 0 Å². The van der Waals surface area contributed by atoms with Crippen LogP contribution in [-0.2, 0) is 16.8 Å². The summed E-state index contributed by atoms with van der Waals surface area (Å²) in [7, 11) is 0. The zero-order chi connectivity index (χ0) is 15.7. The first-order chi connectivity index (χ1) is 10.4. The minimum atomic E-state index is -1.24. The number of fused-ring (bicyclic) bond motifs is 1. The Hall–Kier alpha value is -2.12. The number of aromatic nitrogens is 2. The molecular formula is C15H17N3O3S. The molecule has 0 saturated heterocycles. The van der Waals surface area contributed by atoms with Crippen molar-refractivity contribution in [2.75, 3.05) is 6.54 Å². The summed E-state index contributed by atoms with van der Waals surface area (Å²) in [6, 6.07) is 3.49. The molecule has 1 unspecified atom stereocenters. The summed E-state index contributed by atoms with van der Waals surface area (Å²) in [5, 5.41) is 15.0. The van der Waals surface area contributed by atoms with E-state index in [-0.39, 0.29) is 18.9 Å². The summed E-state index contributed by atoms with van der Waals surface area (Å²) in [6.45, 7) is 3.50. The van der Waals surface area contributed by atoms with Crippen LogP contribution in [-0.4, -0.2) is 26.9 Å². The van der Waals surface area contributed by atoms with E-state index in [1.807, 2.05) is 29.1 Å². The molecule has 7 heteroatoms. The van der Waals surface area contributed by atoms with E-state index in [2.05, 4.69) is 10.3 Å². The highest BCUT2D eigenvalue weighted by molar-refractivity contribution is 7.15. The Kier molecular flexibility index (Phi) is 3.76. The average Bonchev–Trinajstić information content (AvgIpc) is 3.12. The molecule has 0 aliphatic carbocycles. The molecule has 0 aromatic carbocycles. The second-order valence-corrected chi connectivity index (χ2v) is 6.34. The number of carbonyl (C=O) groups is 1. The van der Waals surface area contributed by atoms with Crippen LogP contribution >= 0.6 is 11.3 Å². The average molecular weight is 319 g/mol. The molecular weight excluding hydrogens is 302 g/mol. The third-order valence-corrected chi connectivity index (χ3v) is 4.16. The zero-order valence-corrected chi connectivity index (χ0v) is 13.2. The van der Waals surface area contributed by atoms with Gasteiger partial charge in [-0.3, -0.25) is 9.20 Å². The van der Waals surface area contributed by atoms with Gasteiger partial charge in [-0.15, -0.1) is 11.3 Å². The number of amides is 1. The molecule has 22 heavy (non-hydrogen) atoms. The lowest BCUT2D eigenvalue weighted by molar-refractivity contribution is -0.121. The molecule has 0 spiro atoms. The highest BCUT2D eigenvalue weighted by atomic mass is 32.1. The van der Waals surface area contributed by atoms with Crippen LogP contribution in [0.5, 0.6) is 0 Å². The summed E-state index contributed by atoms with van der Waals surface area (Å²) in [5.41, 5.74) is -0.531.